The van der Waals surface area contributed by atoms with Crippen LogP contribution in [0.1, 0.15) is 21.6 Å². The predicted molar refractivity (Wildman–Crippen MR) is 91.0 cm³/mol. The van der Waals surface area contributed by atoms with E-state index >= 15 is 0 Å². The largest absolute Gasteiger partial charge is 0.318 e. The zero-order chi connectivity index (χ0) is 16.2. The van der Waals surface area contributed by atoms with Crippen molar-refractivity contribution in [1.82, 2.24) is 9.55 Å². The van der Waals surface area contributed by atoms with Crippen LogP contribution in [0.25, 0.3) is 0 Å². The number of hydrogen-bond donors (Lipinski definition) is 1. The second kappa shape index (κ2) is 6.58. The third-order valence-electron chi connectivity index (χ3n) is 3.35. The van der Waals surface area contributed by atoms with Gasteiger partial charge in [-0.1, -0.05) is 30.3 Å². The normalized spacial score (nSPS) is 10.5. The third kappa shape index (κ3) is 3.73. The van der Waals surface area contributed by atoms with Crippen molar-refractivity contribution < 1.29 is 4.79 Å². The number of rotatable bonds is 4. The van der Waals surface area contributed by atoms with Gasteiger partial charge in [0.15, 0.2) is 5.13 Å². The highest BCUT2D eigenvalue weighted by atomic mass is 32.1. The van der Waals surface area contributed by atoms with E-state index in [1.165, 1.54) is 39.8 Å². The summed E-state index contributed by atoms with van der Waals surface area (Å²) >= 11 is 1.39. The van der Waals surface area contributed by atoms with Crippen LogP contribution < -0.4 is 10.9 Å². The van der Waals surface area contributed by atoms with Gasteiger partial charge in [0.05, 0.1) is 11.3 Å². The van der Waals surface area contributed by atoms with Crippen LogP contribution in [0.3, 0.4) is 0 Å². The first-order valence-electron chi connectivity index (χ1n) is 7.08. The van der Waals surface area contributed by atoms with Crippen LogP contribution in [0.5, 0.6) is 0 Å². The second-order valence-corrected chi connectivity index (χ2v) is 5.99. The third-order valence-corrected chi connectivity index (χ3v) is 4.15. The molecule has 1 aromatic carbocycles. The number of amides is 1. The Bertz CT molecular complexity index is 884. The number of anilines is 1. The van der Waals surface area contributed by atoms with Crippen LogP contribution in [0.15, 0.2) is 58.8 Å². The van der Waals surface area contributed by atoms with Gasteiger partial charge in [-0.2, -0.15) is 0 Å². The van der Waals surface area contributed by atoms with Gasteiger partial charge in [-0.25, -0.2) is 4.98 Å². The number of carbonyl (C=O) groups is 1. The van der Waals surface area contributed by atoms with Crippen molar-refractivity contribution in [1.29, 1.82) is 0 Å². The summed E-state index contributed by atoms with van der Waals surface area (Å²) in [6, 6.07) is 12.9. The summed E-state index contributed by atoms with van der Waals surface area (Å²) in [6.45, 7) is 0. The Morgan fingerprint density at radius 2 is 2.00 bits per heavy atom. The molecular weight excluding hydrogens is 310 g/mol. The summed E-state index contributed by atoms with van der Waals surface area (Å²) < 4.78 is 1.37. The Morgan fingerprint density at radius 3 is 2.74 bits per heavy atom. The minimum absolute atomic E-state index is 0.152. The monoisotopic (exact) mass is 325 g/mol. The molecule has 0 atom stereocenters. The highest BCUT2D eigenvalue weighted by molar-refractivity contribution is 7.14. The van der Waals surface area contributed by atoms with Crippen molar-refractivity contribution in [2.45, 2.75) is 6.42 Å². The molecule has 2 aromatic heterocycles. The van der Waals surface area contributed by atoms with Gasteiger partial charge in [-0.15, -0.1) is 11.3 Å². The minimum atomic E-state index is -0.277. The molecule has 6 heteroatoms. The highest BCUT2D eigenvalue weighted by Gasteiger charge is 2.10. The summed E-state index contributed by atoms with van der Waals surface area (Å²) in [5.41, 5.74) is 2.36. The number of thiazole rings is 1. The fourth-order valence-electron chi connectivity index (χ4n) is 2.15. The Balaban J connectivity index is 1.70. The lowest BCUT2D eigenvalue weighted by Gasteiger charge is -2.03. The smallest absolute Gasteiger partial charge is 0.258 e. The lowest BCUT2D eigenvalue weighted by atomic mass is 10.1. The molecule has 1 N–H and O–H groups in total. The fraction of sp³-hybridized carbons (Fsp3) is 0.118. The molecule has 0 spiro atoms. The maximum Gasteiger partial charge on any atom is 0.258 e. The van der Waals surface area contributed by atoms with E-state index in [4.69, 9.17) is 0 Å². The van der Waals surface area contributed by atoms with E-state index in [1.54, 1.807) is 7.05 Å². The van der Waals surface area contributed by atoms with Crippen molar-refractivity contribution in [2.24, 2.45) is 7.05 Å². The molecule has 1 amide bonds. The van der Waals surface area contributed by atoms with Crippen molar-refractivity contribution in [3.63, 3.8) is 0 Å². The van der Waals surface area contributed by atoms with Crippen molar-refractivity contribution in [3.05, 3.63) is 81.2 Å². The maximum absolute atomic E-state index is 12.2. The van der Waals surface area contributed by atoms with Gasteiger partial charge in [0.2, 0.25) is 5.56 Å². The Labute approximate surface area is 137 Å². The van der Waals surface area contributed by atoms with E-state index in [1.807, 2.05) is 35.7 Å². The van der Waals surface area contributed by atoms with E-state index < -0.39 is 0 Å². The Morgan fingerprint density at radius 1 is 1.22 bits per heavy atom. The summed E-state index contributed by atoms with van der Waals surface area (Å²) in [4.78, 5) is 28.0. The van der Waals surface area contributed by atoms with Gasteiger partial charge in [0.25, 0.3) is 5.91 Å². The first-order chi connectivity index (χ1) is 11.1. The summed E-state index contributed by atoms with van der Waals surface area (Å²) in [5.74, 6) is -0.277. The molecule has 3 aromatic rings. The SMILES string of the molecule is Cn1cc(C(=O)Nc2nc(Cc3ccccc3)cs2)ccc1=O. The lowest BCUT2D eigenvalue weighted by molar-refractivity contribution is 0.102. The van der Waals surface area contributed by atoms with Crippen LogP contribution in [0.4, 0.5) is 5.13 Å². The standard InChI is InChI=1S/C17H15N3O2S/c1-20-10-13(7-8-15(20)21)16(22)19-17-18-14(11-23-17)9-12-5-3-2-4-6-12/h2-8,10-11H,9H2,1H3,(H,18,19,22). The number of benzene rings is 1. The fourth-order valence-corrected chi connectivity index (χ4v) is 2.85. The van der Waals surface area contributed by atoms with Gasteiger partial charge in [-0.3, -0.25) is 14.9 Å². The van der Waals surface area contributed by atoms with Gasteiger partial charge in [0, 0.05) is 31.1 Å². The number of nitrogens with zero attached hydrogens (tertiary/aromatic N) is 2. The molecule has 23 heavy (non-hydrogen) atoms. The molecule has 0 aliphatic rings. The molecule has 3 rings (SSSR count). The molecule has 116 valence electrons. The predicted octanol–water partition coefficient (Wildman–Crippen LogP) is 2.68. The molecule has 0 aliphatic heterocycles. The number of aryl methyl sites for hydroxylation is 1. The van der Waals surface area contributed by atoms with Gasteiger partial charge >= 0.3 is 0 Å². The molecule has 0 bridgehead atoms. The van der Waals surface area contributed by atoms with E-state index in [9.17, 15) is 9.59 Å². The van der Waals surface area contributed by atoms with Crippen LogP contribution in [0, 0.1) is 0 Å². The molecule has 0 radical (unpaired) electrons. The topological polar surface area (TPSA) is 64.0 Å². The number of carbonyl (C=O) groups excluding carboxylic acids is 1. The quantitative estimate of drug-likeness (QED) is 0.802. The molecule has 0 unspecified atom stereocenters. The molecule has 2 heterocycles. The van der Waals surface area contributed by atoms with E-state index in [0.717, 1.165) is 12.1 Å². The molecule has 0 fully saturated rings. The second-order valence-electron chi connectivity index (χ2n) is 5.13. The first kappa shape index (κ1) is 15.2. The zero-order valence-electron chi connectivity index (χ0n) is 12.5. The Kier molecular flexibility index (Phi) is 4.34. The van der Waals surface area contributed by atoms with E-state index in [-0.39, 0.29) is 11.5 Å². The summed E-state index contributed by atoms with van der Waals surface area (Å²) in [6.07, 6.45) is 2.24. The number of nitrogens with one attached hydrogen (secondary N) is 1. The van der Waals surface area contributed by atoms with Gasteiger partial charge in [-0.05, 0) is 11.6 Å². The molecule has 5 nitrogen and oxygen atoms in total. The van der Waals surface area contributed by atoms with Gasteiger partial charge in [0.1, 0.15) is 0 Å². The lowest BCUT2D eigenvalue weighted by Crippen LogP contribution is -2.19. The minimum Gasteiger partial charge on any atom is -0.318 e. The van der Waals surface area contributed by atoms with Crippen LogP contribution in [-0.4, -0.2) is 15.5 Å². The first-order valence-corrected chi connectivity index (χ1v) is 7.96. The number of aromatic nitrogens is 2. The van der Waals surface area contributed by atoms with Crippen LogP contribution in [0.2, 0.25) is 0 Å². The average Bonchev–Trinajstić information content (AvgIpc) is 2.98. The van der Waals surface area contributed by atoms with Crippen molar-refractivity contribution >= 4 is 22.4 Å². The van der Waals surface area contributed by atoms with E-state index in [2.05, 4.69) is 10.3 Å². The molecule has 0 aliphatic carbocycles. The summed E-state index contributed by atoms with van der Waals surface area (Å²) in [5, 5.41) is 5.25. The van der Waals surface area contributed by atoms with Crippen LogP contribution >= 0.6 is 11.3 Å². The average molecular weight is 325 g/mol. The van der Waals surface area contributed by atoms with Crippen LogP contribution in [-0.2, 0) is 13.5 Å². The van der Waals surface area contributed by atoms with Crippen molar-refractivity contribution in [3.8, 4) is 0 Å². The molecular formula is C17H15N3O2S. The van der Waals surface area contributed by atoms with Gasteiger partial charge < -0.3 is 4.57 Å². The Hall–Kier alpha value is -2.73. The molecule has 0 saturated heterocycles. The summed E-state index contributed by atoms with van der Waals surface area (Å²) in [7, 11) is 1.61. The number of pyridine rings is 1. The van der Waals surface area contributed by atoms with E-state index in [0.29, 0.717) is 10.7 Å². The maximum atomic E-state index is 12.2. The zero-order valence-corrected chi connectivity index (χ0v) is 13.3. The number of hydrogen-bond acceptors (Lipinski definition) is 4. The highest BCUT2D eigenvalue weighted by Crippen LogP contribution is 2.18. The molecule has 0 saturated carbocycles. The van der Waals surface area contributed by atoms with Crippen molar-refractivity contribution in [2.75, 3.05) is 5.32 Å².